The molecule has 0 aliphatic heterocycles. The molecule has 0 radical (unpaired) electrons. The van der Waals surface area contributed by atoms with Gasteiger partial charge < -0.3 is 10.1 Å². The van der Waals surface area contributed by atoms with Crippen molar-refractivity contribution in [2.24, 2.45) is 0 Å². The van der Waals surface area contributed by atoms with Crippen LogP contribution in [0.5, 0.6) is 0 Å². The Kier molecular flexibility index (Phi) is 4.89. The van der Waals surface area contributed by atoms with Crippen molar-refractivity contribution >= 4 is 11.3 Å². The predicted molar refractivity (Wildman–Crippen MR) is 68.8 cm³/mol. The molecule has 0 bridgehead atoms. The Morgan fingerprint density at radius 3 is 2.68 bits per heavy atom. The molecular formula is C12H13F2N3OS. The maximum Gasteiger partial charge on any atom is 0.153 e. The SMILES string of the molecule is COCCNCc1nnc(-c2c(F)cccc2F)s1. The monoisotopic (exact) mass is 285 g/mol. The number of ether oxygens (including phenoxy) is 1. The van der Waals surface area contributed by atoms with E-state index in [-0.39, 0.29) is 10.6 Å². The molecule has 1 heterocycles. The van der Waals surface area contributed by atoms with Crippen LogP contribution >= 0.6 is 11.3 Å². The Morgan fingerprint density at radius 2 is 2.00 bits per heavy atom. The van der Waals surface area contributed by atoms with Crippen molar-refractivity contribution in [1.29, 1.82) is 0 Å². The fourth-order valence-electron chi connectivity index (χ4n) is 1.50. The number of nitrogens with zero attached hydrogens (tertiary/aromatic N) is 2. The third kappa shape index (κ3) is 3.52. The molecule has 2 rings (SSSR count). The molecule has 19 heavy (non-hydrogen) atoms. The smallest absolute Gasteiger partial charge is 0.153 e. The zero-order valence-electron chi connectivity index (χ0n) is 10.3. The van der Waals surface area contributed by atoms with Crippen LogP contribution in [0.15, 0.2) is 18.2 Å². The maximum atomic E-state index is 13.6. The zero-order chi connectivity index (χ0) is 13.7. The maximum absolute atomic E-state index is 13.6. The van der Waals surface area contributed by atoms with Gasteiger partial charge in [0.2, 0.25) is 0 Å². The molecule has 1 aromatic heterocycles. The van der Waals surface area contributed by atoms with Gasteiger partial charge in [-0.1, -0.05) is 17.4 Å². The van der Waals surface area contributed by atoms with Crippen LogP contribution in [0.25, 0.3) is 10.6 Å². The normalized spacial score (nSPS) is 10.9. The molecule has 0 aliphatic carbocycles. The molecule has 7 heteroatoms. The molecule has 0 amide bonds. The van der Waals surface area contributed by atoms with E-state index in [1.807, 2.05) is 0 Å². The first kappa shape index (κ1) is 14.0. The average Bonchev–Trinajstić information content (AvgIpc) is 2.83. The molecule has 0 atom stereocenters. The van der Waals surface area contributed by atoms with E-state index in [1.54, 1.807) is 7.11 Å². The molecule has 1 aromatic carbocycles. The van der Waals surface area contributed by atoms with Crippen molar-refractivity contribution in [3.63, 3.8) is 0 Å². The van der Waals surface area contributed by atoms with Crippen LogP contribution in [0, 0.1) is 11.6 Å². The van der Waals surface area contributed by atoms with E-state index in [1.165, 1.54) is 29.5 Å². The van der Waals surface area contributed by atoms with Crippen LogP contribution in [0.4, 0.5) is 8.78 Å². The fraction of sp³-hybridized carbons (Fsp3) is 0.333. The Hall–Kier alpha value is -1.44. The van der Waals surface area contributed by atoms with Gasteiger partial charge in [0, 0.05) is 20.2 Å². The summed E-state index contributed by atoms with van der Waals surface area (Å²) in [5.74, 6) is -1.26. The molecule has 1 N–H and O–H groups in total. The van der Waals surface area contributed by atoms with Gasteiger partial charge in [-0.3, -0.25) is 0 Å². The van der Waals surface area contributed by atoms with E-state index in [0.29, 0.717) is 24.7 Å². The molecule has 0 saturated carbocycles. The number of methoxy groups -OCH3 is 1. The number of benzene rings is 1. The summed E-state index contributed by atoms with van der Waals surface area (Å²) in [6, 6.07) is 3.73. The van der Waals surface area contributed by atoms with Crippen molar-refractivity contribution in [2.45, 2.75) is 6.54 Å². The lowest BCUT2D eigenvalue weighted by Crippen LogP contribution is -2.18. The van der Waals surface area contributed by atoms with Gasteiger partial charge in [0.1, 0.15) is 16.6 Å². The lowest BCUT2D eigenvalue weighted by molar-refractivity contribution is 0.199. The first-order chi connectivity index (χ1) is 9.22. The van der Waals surface area contributed by atoms with Gasteiger partial charge in [0.15, 0.2) is 5.01 Å². The Bertz CT molecular complexity index is 527. The van der Waals surface area contributed by atoms with Crippen LogP contribution in [0.2, 0.25) is 0 Å². The van der Waals surface area contributed by atoms with Crippen LogP contribution < -0.4 is 5.32 Å². The van der Waals surface area contributed by atoms with Gasteiger partial charge in [-0.15, -0.1) is 10.2 Å². The van der Waals surface area contributed by atoms with Gasteiger partial charge in [-0.05, 0) is 12.1 Å². The Morgan fingerprint density at radius 1 is 1.26 bits per heavy atom. The van der Waals surface area contributed by atoms with Gasteiger partial charge in [-0.25, -0.2) is 8.78 Å². The molecule has 0 unspecified atom stereocenters. The number of halogens is 2. The van der Waals surface area contributed by atoms with Gasteiger partial charge >= 0.3 is 0 Å². The lowest BCUT2D eigenvalue weighted by Gasteiger charge is -2.00. The minimum absolute atomic E-state index is 0.122. The van der Waals surface area contributed by atoms with E-state index in [0.717, 1.165) is 0 Å². The van der Waals surface area contributed by atoms with Crippen LogP contribution in [0.3, 0.4) is 0 Å². The second-order valence-electron chi connectivity index (χ2n) is 3.77. The molecule has 0 aliphatic rings. The van der Waals surface area contributed by atoms with Gasteiger partial charge in [0.25, 0.3) is 0 Å². The van der Waals surface area contributed by atoms with E-state index >= 15 is 0 Å². The predicted octanol–water partition coefficient (Wildman–Crippen LogP) is 2.22. The molecule has 0 spiro atoms. The third-order valence-electron chi connectivity index (χ3n) is 2.40. The summed E-state index contributed by atoms with van der Waals surface area (Å²) in [6.45, 7) is 1.77. The van der Waals surface area contributed by atoms with Crippen molar-refractivity contribution in [2.75, 3.05) is 20.3 Å². The summed E-state index contributed by atoms with van der Waals surface area (Å²) < 4.78 is 32.0. The highest BCUT2D eigenvalue weighted by molar-refractivity contribution is 7.14. The zero-order valence-corrected chi connectivity index (χ0v) is 11.1. The van der Waals surface area contributed by atoms with Crippen molar-refractivity contribution in [1.82, 2.24) is 15.5 Å². The number of hydrogen-bond acceptors (Lipinski definition) is 5. The molecule has 102 valence electrons. The number of aromatic nitrogens is 2. The summed E-state index contributed by atoms with van der Waals surface area (Å²) in [7, 11) is 1.62. The largest absolute Gasteiger partial charge is 0.383 e. The first-order valence-corrected chi connectivity index (χ1v) is 6.50. The third-order valence-corrected chi connectivity index (χ3v) is 3.34. The van der Waals surface area contributed by atoms with Crippen molar-refractivity contribution < 1.29 is 13.5 Å². The van der Waals surface area contributed by atoms with Gasteiger partial charge in [-0.2, -0.15) is 0 Å². The van der Waals surface area contributed by atoms with E-state index in [4.69, 9.17) is 4.74 Å². The number of rotatable bonds is 6. The Balaban J connectivity index is 2.08. The van der Waals surface area contributed by atoms with E-state index in [2.05, 4.69) is 15.5 Å². The first-order valence-electron chi connectivity index (χ1n) is 5.69. The van der Waals surface area contributed by atoms with E-state index < -0.39 is 11.6 Å². The highest BCUT2D eigenvalue weighted by Crippen LogP contribution is 2.28. The molecular weight excluding hydrogens is 272 g/mol. The van der Waals surface area contributed by atoms with Crippen molar-refractivity contribution in [3.8, 4) is 10.6 Å². The standard InChI is InChI=1S/C12H13F2N3OS/c1-18-6-5-15-7-10-16-17-12(19-10)11-8(13)3-2-4-9(11)14/h2-4,15H,5-7H2,1H3. The quantitative estimate of drug-likeness (QED) is 0.827. The minimum atomic E-state index is -0.630. The fourth-order valence-corrected chi connectivity index (χ4v) is 2.36. The summed E-state index contributed by atoms with van der Waals surface area (Å²) >= 11 is 1.17. The number of hydrogen-bond donors (Lipinski definition) is 1. The van der Waals surface area contributed by atoms with Gasteiger partial charge in [0.05, 0.1) is 12.2 Å². The summed E-state index contributed by atoms with van der Waals surface area (Å²) in [4.78, 5) is 0. The summed E-state index contributed by atoms with van der Waals surface area (Å²) in [5.41, 5.74) is -0.122. The molecule has 0 saturated heterocycles. The van der Waals surface area contributed by atoms with Crippen LogP contribution in [-0.2, 0) is 11.3 Å². The minimum Gasteiger partial charge on any atom is -0.383 e. The highest BCUT2D eigenvalue weighted by Gasteiger charge is 2.15. The van der Waals surface area contributed by atoms with Crippen LogP contribution in [0.1, 0.15) is 5.01 Å². The second kappa shape index (κ2) is 6.65. The van der Waals surface area contributed by atoms with Crippen LogP contribution in [-0.4, -0.2) is 30.5 Å². The summed E-state index contributed by atoms with van der Waals surface area (Å²) in [5, 5.41) is 11.7. The molecule has 0 fully saturated rings. The van der Waals surface area contributed by atoms with E-state index in [9.17, 15) is 8.78 Å². The number of nitrogens with one attached hydrogen (secondary N) is 1. The highest BCUT2D eigenvalue weighted by atomic mass is 32.1. The summed E-state index contributed by atoms with van der Waals surface area (Å²) in [6.07, 6.45) is 0. The molecule has 2 aromatic rings. The second-order valence-corrected chi connectivity index (χ2v) is 4.83. The lowest BCUT2D eigenvalue weighted by atomic mass is 10.2. The molecule has 4 nitrogen and oxygen atoms in total. The topological polar surface area (TPSA) is 47.0 Å². The Labute approximate surface area is 113 Å². The van der Waals surface area contributed by atoms with Crippen molar-refractivity contribution in [3.05, 3.63) is 34.8 Å². The average molecular weight is 285 g/mol.